The third-order valence-electron chi connectivity index (χ3n) is 10.2. The molecule has 0 N–H and O–H groups in total. The molecule has 6 aliphatic rings. The van der Waals surface area contributed by atoms with Gasteiger partial charge in [0, 0.05) is 29.6 Å². The summed E-state index contributed by atoms with van der Waals surface area (Å²) in [6.07, 6.45) is 7.61. The van der Waals surface area contributed by atoms with Crippen LogP contribution in [0.15, 0.2) is 11.6 Å². The quantitative estimate of drug-likeness (QED) is 0.484. The lowest BCUT2D eigenvalue weighted by Gasteiger charge is -2.58. The third-order valence-corrected chi connectivity index (χ3v) is 10.2. The van der Waals surface area contributed by atoms with E-state index in [0.717, 1.165) is 37.7 Å². The molecular formula is C24H30O6. The van der Waals surface area contributed by atoms with Crippen LogP contribution in [0.3, 0.4) is 0 Å². The summed E-state index contributed by atoms with van der Waals surface area (Å²) in [5, 5.41) is 0. The van der Waals surface area contributed by atoms with E-state index >= 15 is 0 Å². The van der Waals surface area contributed by atoms with Crippen LogP contribution >= 0.6 is 0 Å². The van der Waals surface area contributed by atoms with Crippen molar-refractivity contribution in [3.05, 3.63) is 11.6 Å². The Morgan fingerprint density at radius 3 is 2.67 bits per heavy atom. The van der Waals surface area contributed by atoms with E-state index in [1.54, 1.807) is 6.08 Å². The van der Waals surface area contributed by atoms with Crippen LogP contribution < -0.4 is 0 Å². The van der Waals surface area contributed by atoms with Crippen molar-refractivity contribution in [2.75, 3.05) is 7.11 Å². The Morgan fingerprint density at radius 1 is 1.17 bits per heavy atom. The number of methoxy groups -OCH3 is 1. The first-order chi connectivity index (χ1) is 14.2. The summed E-state index contributed by atoms with van der Waals surface area (Å²) in [6, 6.07) is 0. The minimum atomic E-state index is -0.424. The molecule has 2 heterocycles. The first-order valence-corrected chi connectivity index (χ1v) is 11.4. The van der Waals surface area contributed by atoms with Crippen LogP contribution in [0.4, 0.5) is 0 Å². The van der Waals surface area contributed by atoms with Crippen molar-refractivity contribution < 1.29 is 28.6 Å². The second-order valence-corrected chi connectivity index (χ2v) is 11.0. The fourth-order valence-electron chi connectivity index (χ4n) is 8.69. The first kappa shape index (κ1) is 19.0. The largest absolute Gasteiger partial charge is 0.469 e. The van der Waals surface area contributed by atoms with E-state index in [1.807, 2.05) is 0 Å². The molecule has 3 saturated carbocycles. The van der Waals surface area contributed by atoms with Crippen molar-refractivity contribution in [2.45, 2.75) is 82.5 Å². The second kappa shape index (κ2) is 5.56. The maximum absolute atomic E-state index is 13.0. The Kier molecular flexibility index (Phi) is 3.53. The minimum absolute atomic E-state index is 0.0303. The molecule has 0 aromatic carbocycles. The van der Waals surface area contributed by atoms with Gasteiger partial charge in [-0.15, -0.1) is 0 Å². The van der Waals surface area contributed by atoms with Gasteiger partial charge in [-0.1, -0.05) is 19.4 Å². The standard InChI is InChI=1S/C24H30O6/c1-21-7-4-14(25)10-13(21)11-15(20(27)28-3)19-16-5-8-23(9-6-18(26)30-23)22(16,2)12-17-24(19,21)29-17/h10,15-17,19H,4-9,11-12H2,1-3H3/t15-,16+,17-,19+,21+,22+,23+,24-/m1/s1. The lowest BCUT2D eigenvalue weighted by molar-refractivity contribution is -0.172. The first-order valence-electron chi connectivity index (χ1n) is 11.4. The van der Waals surface area contributed by atoms with Gasteiger partial charge in [-0.25, -0.2) is 0 Å². The van der Waals surface area contributed by atoms with Gasteiger partial charge in [0.25, 0.3) is 0 Å². The van der Waals surface area contributed by atoms with Gasteiger partial charge in [0.2, 0.25) is 0 Å². The van der Waals surface area contributed by atoms with Crippen LogP contribution in [0.5, 0.6) is 0 Å². The Hall–Kier alpha value is -1.69. The summed E-state index contributed by atoms with van der Waals surface area (Å²) in [5.41, 5.74) is -0.175. The van der Waals surface area contributed by atoms with Gasteiger partial charge in [-0.05, 0) is 50.5 Å². The number of fused-ring (bicyclic) bond motifs is 4. The third kappa shape index (κ3) is 1.94. The topological polar surface area (TPSA) is 82.2 Å². The average Bonchev–Trinajstić information content (AvgIpc) is 3.20. The monoisotopic (exact) mass is 414 g/mol. The predicted octanol–water partition coefficient (Wildman–Crippen LogP) is 3.12. The number of ether oxygens (including phenoxy) is 3. The Balaban J connectivity index is 1.49. The highest BCUT2D eigenvalue weighted by atomic mass is 16.6. The molecule has 0 radical (unpaired) electrons. The molecule has 0 unspecified atom stereocenters. The van der Waals surface area contributed by atoms with E-state index in [-0.39, 0.29) is 52.4 Å². The second-order valence-electron chi connectivity index (χ2n) is 11.0. The lowest BCUT2D eigenvalue weighted by atomic mass is 9.43. The van der Waals surface area contributed by atoms with Gasteiger partial charge in [-0.2, -0.15) is 0 Å². The molecule has 6 nitrogen and oxygen atoms in total. The number of epoxide rings is 1. The van der Waals surface area contributed by atoms with E-state index in [1.165, 1.54) is 7.11 Å². The van der Waals surface area contributed by atoms with Crippen molar-refractivity contribution in [2.24, 2.45) is 28.6 Å². The number of ketones is 1. The van der Waals surface area contributed by atoms with Gasteiger partial charge in [-0.3, -0.25) is 14.4 Å². The number of carbonyl (C=O) groups excluding carboxylic acids is 3. The fraction of sp³-hybridized carbons (Fsp3) is 0.792. The summed E-state index contributed by atoms with van der Waals surface area (Å²) in [6.45, 7) is 4.51. The van der Waals surface area contributed by atoms with Gasteiger partial charge in [0.15, 0.2) is 5.78 Å². The van der Waals surface area contributed by atoms with Crippen LogP contribution in [0.25, 0.3) is 0 Å². The Morgan fingerprint density at radius 2 is 1.97 bits per heavy atom. The lowest BCUT2D eigenvalue weighted by Crippen LogP contribution is -2.63. The molecule has 30 heavy (non-hydrogen) atoms. The molecule has 162 valence electrons. The van der Waals surface area contributed by atoms with E-state index in [4.69, 9.17) is 14.2 Å². The van der Waals surface area contributed by atoms with Crippen LogP contribution in [-0.2, 0) is 28.6 Å². The number of esters is 2. The van der Waals surface area contributed by atoms with E-state index in [9.17, 15) is 14.4 Å². The maximum atomic E-state index is 13.0. The molecule has 2 aliphatic heterocycles. The molecule has 6 rings (SSSR count). The Bertz CT molecular complexity index is 907. The van der Waals surface area contributed by atoms with Crippen molar-refractivity contribution in [1.29, 1.82) is 0 Å². The molecular weight excluding hydrogens is 384 g/mol. The normalized spacial score (nSPS) is 53.2. The average molecular weight is 414 g/mol. The van der Waals surface area contributed by atoms with Crippen LogP contribution in [-0.4, -0.2) is 42.1 Å². The molecule has 0 bridgehead atoms. The van der Waals surface area contributed by atoms with Crippen molar-refractivity contribution in [3.63, 3.8) is 0 Å². The molecule has 6 heteroatoms. The molecule has 0 aromatic heterocycles. The molecule has 0 amide bonds. The summed E-state index contributed by atoms with van der Waals surface area (Å²) in [4.78, 5) is 37.4. The van der Waals surface area contributed by atoms with Crippen molar-refractivity contribution in [3.8, 4) is 0 Å². The summed E-state index contributed by atoms with van der Waals surface area (Å²) in [5.74, 6) is -0.201. The number of hydrogen-bond acceptors (Lipinski definition) is 6. The molecule has 8 atom stereocenters. The van der Waals surface area contributed by atoms with Gasteiger partial charge >= 0.3 is 11.9 Å². The summed E-state index contributed by atoms with van der Waals surface area (Å²) >= 11 is 0. The smallest absolute Gasteiger partial charge is 0.309 e. The summed E-state index contributed by atoms with van der Waals surface area (Å²) in [7, 11) is 1.45. The van der Waals surface area contributed by atoms with Gasteiger partial charge in [0.1, 0.15) is 11.2 Å². The number of rotatable bonds is 1. The highest BCUT2D eigenvalue weighted by Gasteiger charge is 2.83. The van der Waals surface area contributed by atoms with Crippen molar-refractivity contribution in [1.82, 2.24) is 0 Å². The molecule has 0 aromatic rings. The molecule has 4 aliphatic carbocycles. The Labute approximate surface area is 176 Å². The zero-order chi connectivity index (χ0) is 21.1. The van der Waals surface area contributed by atoms with Crippen LogP contribution in [0.1, 0.15) is 65.2 Å². The highest BCUT2D eigenvalue weighted by Crippen LogP contribution is 2.78. The zero-order valence-corrected chi connectivity index (χ0v) is 18.0. The van der Waals surface area contributed by atoms with Gasteiger partial charge < -0.3 is 14.2 Å². The fourth-order valence-corrected chi connectivity index (χ4v) is 8.69. The van der Waals surface area contributed by atoms with E-state index in [0.29, 0.717) is 19.3 Å². The maximum Gasteiger partial charge on any atom is 0.309 e. The van der Waals surface area contributed by atoms with E-state index < -0.39 is 11.2 Å². The zero-order valence-electron chi connectivity index (χ0n) is 18.0. The predicted molar refractivity (Wildman–Crippen MR) is 105 cm³/mol. The number of carbonyl (C=O) groups is 3. The number of hydrogen-bond donors (Lipinski definition) is 0. The van der Waals surface area contributed by atoms with Gasteiger partial charge in [0.05, 0.1) is 19.1 Å². The van der Waals surface area contributed by atoms with Crippen LogP contribution in [0.2, 0.25) is 0 Å². The van der Waals surface area contributed by atoms with E-state index in [2.05, 4.69) is 13.8 Å². The minimum Gasteiger partial charge on any atom is -0.469 e. The van der Waals surface area contributed by atoms with Crippen molar-refractivity contribution >= 4 is 17.7 Å². The SMILES string of the molecule is COC(=O)[C@@H]1CC2=CC(=O)CC[C@]2(C)[C@@]23O[C@@H]2C[C@@]2(C)[C@@H](CC[C@]24CCC(=O)O4)[C@H]13. The molecule has 5 fully saturated rings. The molecule has 2 spiro atoms. The highest BCUT2D eigenvalue weighted by molar-refractivity contribution is 5.92. The summed E-state index contributed by atoms with van der Waals surface area (Å²) < 4.78 is 17.9. The van der Waals surface area contributed by atoms with Crippen LogP contribution in [0, 0.1) is 28.6 Å². The molecule has 2 saturated heterocycles.